The molecule has 1 aromatic rings. The van der Waals surface area contributed by atoms with E-state index in [1.54, 1.807) is 25.9 Å². The molecule has 0 radical (unpaired) electrons. The molecular formula is C16H23N5O. The third kappa shape index (κ3) is 3.98. The molecule has 0 heterocycles. The van der Waals surface area contributed by atoms with Gasteiger partial charge in [-0.2, -0.15) is 10.4 Å². The Balaban J connectivity index is 3.34. The first kappa shape index (κ1) is 17.5. The van der Waals surface area contributed by atoms with Crippen molar-refractivity contribution in [1.29, 1.82) is 5.26 Å². The molecular weight excluding hydrogens is 278 g/mol. The molecule has 118 valence electrons. The molecule has 0 aliphatic heterocycles. The highest BCUT2D eigenvalue weighted by atomic mass is 16.1. The zero-order chi connectivity index (χ0) is 16.9. The molecule has 0 aliphatic rings. The summed E-state index contributed by atoms with van der Waals surface area (Å²) < 4.78 is 0. The van der Waals surface area contributed by atoms with Gasteiger partial charge < -0.3 is 11.5 Å². The molecule has 1 amide bonds. The van der Waals surface area contributed by atoms with Crippen LogP contribution in [0.15, 0.2) is 23.3 Å². The van der Waals surface area contributed by atoms with Gasteiger partial charge in [0.15, 0.2) is 0 Å². The lowest BCUT2D eigenvalue weighted by atomic mass is 9.81. The Hall–Kier alpha value is -2.55. The molecule has 22 heavy (non-hydrogen) atoms. The number of carbonyl (C=O) groups excluding carboxylic acids is 1. The van der Waals surface area contributed by atoms with Crippen molar-refractivity contribution in [3.05, 3.63) is 34.9 Å². The fourth-order valence-corrected chi connectivity index (χ4v) is 2.06. The van der Waals surface area contributed by atoms with Crippen LogP contribution in [0.25, 0.3) is 0 Å². The SMILES string of the molecule is CC(C#N)c1cc(CN(C)/N=C\N)cc(C(C)(C)C(N)=O)c1. The Morgan fingerprint density at radius 2 is 2.14 bits per heavy atom. The van der Waals surface area contributed by atoms with Crippen molar-refractivity contribution in [1.82, 2.24) is 5.01 Å². The summed E-state index contributed by atoms with van der Waals surface area (Å²) in [5.41, 5.74) is 12.6. The van der Waals surface area contributed by atoms with Crippen molar-refractivity contribution in [2.24, 2.45) is 16.6 Å². The van der Waals surface area contributed by atoms with Crippen LogP contribution in [0.4, 0.5) is 0 Å². The maximum atomic E-state index is 11.7. The van der Waals surface area contributed by atoms with Gasteiger partial charge in [-0.15, -0.1) is 0 Å². The fourth-order valence-electron chi connectivity index (χ4n) is 2.06. The Kier molecular flexibility index (Phi) is 5.52. The van der Waals surface area contributed by atoms with E-state index in [1.807, 2.05) is 25.1 Å². The van der Waals surface area contributed by atoms with E-state index >= 15 is 0 Å². The highest BCUT2D eigenvalue weighted by Gasteiger charge is 2.28. The molecule has 0 spiro atoms. The summed E-state index contributed by atoms with van der Waals surface area (Å²) in [6.07, 6.45) is 1.22. The molecule has 6 nitrogen and oxygen atoms in total. The number of hydrogen-bond acceptors (Lipinski definition) is 4. The molecule has 0 aliphatic carbocycles. The van der Waals surface area contributed by atoms with Gasteiger partial charge in [0.25, 0.3) is 0 Å². The van der Waals surface area contributed by atoms with Crippen molar-refractivity contribution < 1.29 is 4.79 Å². The van der Waals surface area contributed by atoms with Crippen LogP contribution in [0.1, 0.15) is 43.4 Å². The normalized spacial score (nSPS) is 12.9. The number of benzene rings is 1. The number of primary amides is 1. The maximum absolute atomic E-state index is 11.7. The monoisotopic (exact) mass is 301 g/mol. The van der Waals surface area contributed by atoms with Crippen molar-refractivity contribution >= 4 is 12.2 Å². The first-order chi connectivity index (χ1) is 10.2. The summed E-state index contributed by atoms with van der Waals surface area (Å²) in [7, 11) is 1.79. The summed E-state index contributed by atoms with van der Waals surface area (Å²) in [6.45, 7) is 5.89. The number of nitrogens with zero attached hydrogens (tertiary/aromatic N) is 3. The lowest BCUT2D eigenvalue weighted by molar-refractivity contribution is -0.122. The van der Waals surface area contributed by atoms with Gasteiger partial charge in [-0.3, -0.25) is 9.80 Å². The van der Waals surface area contributed by atoms with Crippen molar-refractivity contribution in [2.45, 2.75) is 38.6 Å². The van der Waals surface area contributed by atoms with E-state index in [0.717, 1.165) is 16.7 Å². The van der Waals surface area contributed by atoms with Crippen LogP contribution in [-0.4, -0.2) is 24.3 Å². The van der Waals surface area contributed by atoms with Crippen LogP contribution in [0.5, 0.6) is 0 Å². The number of nitriles is 1. The molecule has 6 heteroatoms. The summed E-state index contributed by atoms with van der Waals surface area (Å²) in [6, 6.07) is 7.94. The lowest BCUT2D eigenvalue weighted by Gasteiger charge is -2.24. The predicted molar refractivity (Wildman–Crippen MR) is 86.8 cm³/mol. The van der Waals surface area contributed by atoms with E-state index in [9.17, 15) is 4.79 Å². The fraction of sp³-hybridized carbons (Fsp3) is 0.438. The third-order valence-electron chi connectivity index (χ3n) is 3.72. The van der Waals surface area contributed by atoms with Crippen molar-refractivity contribution in [3.63, 3.8) is 0 Å². The topological polar surface area (TPSA) is 108 Å². The minimum atomic E-state index is -0.810. The van der Waals surface area contributed by atoms with Crippen LogP contribution in [0.2, 0.25) is 0 Å². The molecule has 1 unspecified atom stereocenters. The van der Waals surface area contributed by atoms with Crippen LogP contribution >= 0.6 is 0 Å². The van der Waals surface area contributed by atoms with Crippen molar-refractivity contribution in [3.8, 4) is 6.07 Å². The third-order valence-corrected chi connectivity index (χ3v) is 3.72. The summed E-state index contributed by atoms with van der Waals surface area (Å²) in [5.74, 6) is -0.681. The quantitative estimate of drug-likeness (QED) is 0.470. The Morgan fingerprint density at radius 3 is 2.64 bits per heavy atom. The highest BCUT2D eigenvalue weighted by molar-refractivity contribution is 5.85. The smallest absolute Gasteiger partial charge is 0.227 e. The van der Waals surface area contributed by atoms with Crippen molar-refractivity contribution in [2.75, 3.05) is 7.05 Å². The van der Waals surface area contributed by atoms with E-state index < -0.39 is 11.3 Å². The number of hydrogen-bond donors (Lipinski definition) is 2. The average molecular weight is 301 g/mol. The summed E-state index contributed by atoms with van der Waals surface area (Å²) in [4.78, 5) is 11.7. The Morgan fingerprint density at radius 1 is 1.50 bits per heavy atom. The van der Waals surface area contributed by atoms with E-state index in [2.05, 4.69) is 11.2 Å². The van der Waals surface area contributed by atoms with E-state index in [1.165, 1.54) is 6.34 Å². The van der Waals surface area contributed by atoms with Gasteiger partial charge in [0.1, 0.15) is 6.34 Å². The zero-order valence-electron chi connectivity index (χ0n) is 13.5. The molecule has 0 saturated heterocycles. The second-order valence-electron chi connectivity index (χ2n) is 5.88. The molecule has 0 saturated carbocycles. The van der Waals surface area contributed by atoms with Crippen LogP contribution in [-0.2, 0) is 16.8 Å². The Bertz CT molecular complexity index is 615. The predicted octanol–water partition coefficient (Wildman–Crippen LogP) is 1.41. The zero-order valence-corrected chi connectivity index (χ0v) is 13.5. The molecule has 4 N–H and O–H groups in total. The van der Waals surface area contributed by atoms with E-state index in [-0.39, 0.29) is 5.92 Å². The molecule has 1 atom stereocenters. The number of amides is 1. The van der Waals surface area contributed by atoms with Gasteiger partial charge in [0.05, 0.1) is 23.9 Å². The summed E-state index contributed by atoms with van der Waals surface area (Å²) >= 11 is 0. The molecule has 0 fully saturated rings. The van der Waals surface area contributed by atoms with E-state index in [0.29, 0.717) is 6.54 Å². The second kappa shape index (κ2) is 6.94. The van der Waals surface area contributed by atoms with Gasteiger partial charge in [-0.05, 0) is 37.5 Å². The van der Waals surface area contributed by atoms with Gasteiger partial charge in [0.2, 0.25) is 5.91 Å². The van der Waals surface area contributed by atoms with Crippen LogP contribution in [0, 0.1) is 11.3 Å². The molecule has 1 aromatic carbocycles. The largest absolute Gasteiger partial charge is 0.388 e. The number of carbonyl (C=O) groups is 1. The molecule has 0 aromatic heterocycles. The number of rotatable bonds is 6. The number of hydrazone groups is 1. The van der Waals surface area contributed by atoms with Gasteiger partial charge in [-0.1, -0.05) is 18.2 Å². The standard InChI is InChI=1S/C16H23N5O/c1-11(8-17)13-5-12(9-21(4)20-10-18)6-14(7-13)16(2,3)15(19)22/h5-7,10-11H,9H2,1-4H3,(H2,18,20)(H2,19,22). The highest BCUT2D eigenvalue weighted by Crippen LogP contribution is 2.28. The molecule has 0 bridgehead atoms. The lowest BCUT2D eigenvalue weighted by Crippen LogP contribution is -2.35. The van der Waals surface area contributed by atoms with Gasteiger partial charge in [-0.25, -0.2) is 0 Å². The second-order valence-corrected chi connectivity index (χ2v) is 5.88. The molecule has 1 rings (SSSR count). The first-order valence-electron chi connectivity index (χ1n) is 7.01. The van der Waals surface area contributed by atoms with E-state index in [4.69, 9.17) is 16.7 Å². The maximum Gasteiger partial charge on any atom is 0.227 e. The number of nitrogens with two attached hydrogens (primary N) is 2. The van der Waals surface area contributed by atoms with Crippen LogP contribution in [0.3, 0.4) is 0 Å². The first-order valence-corrected chi connectivity index (χ1v) is 7.01. The minimum absolute atomic E-state index is 0.273. The van der Waals surface area contributed by atoms with Gasteiger partial charge in [0, 0.05) is 7.05 Å². The minimum Gasteiger partial charge on any atom is -0.388 e. The average Bonchev–Trinajstić information content (AvgIpc) is 2.45. The Labute approximate surface area is 131 Å². The van der Waals surface area contributed by atoms with Crippen LogP contribution < -0.4 is 11.5 Å². The summed E-state index contributed by atoms with van der Waals surface area (Å²) in [5, 5.41) is 14.8. The van der Waals surface area contributed by atoms with Gasteiger partial charge >= 0.3 is 0 Å².